The van der Waals surface area contributed by atoms with Crippen molar-refractivity contribution in [3.05, 3.63) is 35.6 Å². The first kappa shape index (κ1) is 14.5. The van der Waals surface area contributed by atoms with Crippen LogP contribution in [-0.4, -0.2) is 29.8 Å². The van der Waals surface area contributed by atoms with E-state index in [4.69, 9.17) is 0 Å². The molecule has 1 fully saturated rings. The quantitative estimate of drug-likeness (QED) is 0.913. The lowest BCUT2D eigenvalue weighted by molar-refractivity contribution is -0.135. The van der Waals surface area contributed by atoms with Gasteiger partial charge in [-0.05, 0) is 30.5 Å². The molecule has 5 heteroatoms. The Morgan fingerprint density at radius 2 is 2.15 bits per heavy atom. The van der Waals surface area contributed by atoms with Crippen LogP contribution in [0.25, 0.3) is 0 Å². The third-order valence-corrected chi connectivity index (χ3v) is 3.38. The van der Waals surface area contributed by atoms with Crippen LogP contribution in [0.1, 0.15) is 31.2 Å². The van der Waals surface area contributed by atoms with Gasteiger partial charge in [0.15, 0.2) is 0 Å². The van der Waals surface area contributed by atoms with E-state index in [-0.39, 0.29) is 30.7 Å². The molecule has 0 aromatic heterocycles. The highest BCUT2D eigenvalue weighted by Gasteiger charge is 2.18. The van der Waals surface area contributed by atoms with Crippen molar-refractivity contribution >= 4 is 11.8 Å². The van der Waals surface area contributed by atoms with Crippen LogP contribution in [0.4, 0.5) is 4.39 Å². The molecule has 1 aliphatic rings. The molecule has 0 atom stereocenters. The van der Waals surface area contributed by atoms with E-state index in [2.05, 4.69) is 5.32 Å². The maximum absolute atomic E-state index is 13.0. The fourth-order valence-electron chi connectivity index (χ4n) is 2.28. The third-order valence-electron chi connectivity index (χ3n) is 3.38. The molecule has 1 aliphatic heterocycles. The second kappa shape index (κ2) is 7.03. The van der Waals surface area contributed by atoms with Crippen LogP contribution in [0.15, 0.2) is 24.3 Å². The minimum atomic E-state index is -0.320. The number of carbonyl (C=O) groups excluding carboxylic acids is 2. The molecule has 0 spiro atoms. The van der Waals surface area contributed by atoms with Crippen molar-refractivity contribution < 1.29 is 14.0 Å². The van der Waals surface area contributed by atoms with Gasteiger partial charge in [0.05, 0.1) is 6.54 Å². The van der Waals surface area contributed by atoms with Gasteiger partial charge in [0.1, 0.15) is 5.82 Å². The van der Waals surface area contributed by atoms with Crippen LogP contribution < -0.4 is 5.32 Å². The van der Waals surface area contributed by atoms with Gasteiger partial charge in [-0.2, -0.15) is 0 Å². The van der Waals surface area contributed by atoms with E-state index in [1.54, 1.807) is 17.0 Å². The summed E-state index contributed by atoms with van der Waals surface area (Å²) >= 11 is 0. The van der Waals surface area contributed by atoms with Crippen LogP contribution >= 0.6 is 0 Å². The molecule has 4 nitrogen and oxygen atoms in total. The first-order valence-electron chi connectivity index (χ1n) is 6.94. The average Bonchev–Trinajstić information content (AvgIpc) is 2.62. The van der Waals surface area contributed by atoms with Crippen LogP contribution in [0.2, 0.25) is 0 Å². The summed E-state index contributed by atoms with van der Waals surface area (Å²) < 4.78 is 13.0. The summed E-state index contributed by atoms with van der Waals surface area (Å²) in [5.41, 5.74) is 0.709. The number of amides is 2. The lowest BCUT2D eigenvalue weighted by atomic mass is 10.2. The molecule has 0 radical (unpaired) electrons. The zero-order valence-corrected chi connectivity index (χ0v) is 11.4. The van der Waals surface area contributed by atoms with E-state index >= 15 is 0 Å². The minimum Gasteiger partial charge on any atom is -0.350 e. The van der Waals surface area contributed by atoms with Gasteiger partial charge in [0.2, 0.25) is 11.8 Å². The molecule has 0 unspecified atom stereocenters. The molecule has 1 heterocycles. The second-order valence-electron chi connectivity index (χ2n) is 5.03. The Morgan fingerprint density at radius 3 is 2.95 bits per heavy atom. The molecule has 0 aliphatic carbocycles. The van der Waals surface area contributed by atoms with Gasteiger partial charge >= 0.3 is 0 Å². The Hall–Kier alpha value is -1.91. The van der Waals surface area contributed by atoms with Gasteiger partial charge in [0.25, 0.3) is 0 Å². The van der Waals surface area contributed by atoms with E-state index in [0.717, 1.165) is 19.3 Å². The molecule has 1 N–H and O–H groups in total. The van der Waals surface area contributed by atoms with Crippen molar-refractivity contribution in [2.75, 3.05) is 13.1 Å². The summed E-state index contributed by atoms with van der Waals surface area (Å²) in [5, 5.41) is 2.71. The maximum Gasteiger partial charge on any atom is 0.239 e. The van der Waals surface area contributed by atoms with Gasteiger partial charge in [-0.1, -0.05) is 18.6 Å². The minimum absolute atomic E-state index is 0.0448. The molecule has 1 aromatic carbocycles. The van der Waals surface area contributed by atoms with Crippen LogP contribution in [0, 0.1) is 5.82 Å². The maximum atomic E-state index is 13.0. The lowest BCUT2D eigenvalue weighted by Crippen LogP contribution is -2.40. The molecule has 108 valence electrons. The van der Waals surface area contributed by atoms with Crippen molar-refractivity contribution in [1.82, 2.24) is 10.2 Å². The van der Waals surface area contributed by atoms with E-state index in [1.807, 2.05) is 0 Å². The van der Waals surface area contributed by atoms with E-state index < -0.39 is 0 Å². The molecular formula is C15H19FN2O2. The van der Waals surface area contributed by atoms with E-state index in [0.29, 0.717) is 18.5 Å². The fraction of sp³-hybridized carbons (Fsp3) is 0.467. The fourth-order valence-corrected chi connectivity index (χ4v) is 2.28. The smallest absolute Gasteiger partial charge is 0.239 e. The number of hydrogen-bond acceptors (Lipinski definition) is 2. The monoisotopic (exact) mass is 278 g/mol. The predicted octanol–water partition coefficient (Wildman–Crippen LogP) is 1.84. The number of carbonyl (C=O) groups is 2. The summed E-state index contributed by atoms with van der Waals surface area (Å²) in [5.74, 6) is -0.479. The molecule has 2 rings (SSSR count). The number of nitrogens with zero attached hydrogens (tertiary/aromatic N) is 1. The highest BCUT2D eigenvalue weighted by Crippen LogP contribution is 2.10. The standard InChI is InChI=1S/C15H19FN2O2/c16-13-6-4-5-12(9-13)10-17-14(19)11-18-8-3-1-2-7-15(18)20/h4-6,9H,1-3,7-8,10-11H2,(H,17,19). The van der Waals surface area contributed by atoms with Crippen molar-refractivity contribution in [1.29, 1.82) is 0 Å². The summed E-state index contributed by atoms with van der Waals surface area (Å²) in [6.45, 7) is 1.01. The number of hydrogen-bond donors (Lipinski definition) is 1. The SMILES string of the molecule is O=C(CN1CCCCCC1=O)NCc1cccc(F)c1. The normalized spacial score (nSPS) is 15.8. The van der Waals surface area contributed by atoms with Crippen LogP contribution in [0.3, 0.4) is 0 Å². The van der Waals surface area contributed by atoms with Crippen molar-refractivity contribution in [3.8, 4) is 0 Å². The Bertz CT molecular complexity index is 491. The highest BCUT2D eigenvalue weighted by molar-refractivity contribution is 5.84. The van der Waals surface area contributed by atoms with Gasteiger partial charge in [0, 0.05) is 19.5 Å². The molecule has 1 saturated heterocycles. The molecular weight excluding hydrogens is 259 g/mol. The zero-order chi connectivity index (χ0) is 14.4. The van der Waals surface area contributed by atoms with E-state index in [1.165, 1.54) is 12.1 Å². The summed E-state index contributed by atoms with van der Waals surface area (Å²) in [6, 6.07) is 6.11. The first-order chi connectivity index (χ1) is 9.65. The molecule has 0 bridgehead atoms. The first-order valence-corrected chi connectivity index (χ1v) is 6.94. The number of likely N-dealkylation sites (tertiary alicyclic amines) is 1. The number of halogens is 1. The van der Waals surface area contributed by atoms with Gasteiger partial charge in [-0.15, -0.1) is 0 Å². The summed E-state index contributed by atoms with van der Waals surface area (Å²) in [7, 11) is 0. The van der Waals surface area contributed by atoms with Crippen molar-refractivity contribution in [2.24, 2.45) is 0 Å². The number of benzene rings is 1. The predicted molar refractivity (Wildman–Crippen MR) is 73.3 cm³/mol. The molecule has 0 saturated carbocycles. The topological polar surface area (TPSA) is 49.4 Å². The van der Waals surface area contributed by atoms with Gasteiger partial charge in [-0.25, -0.2) is 4.39 Å². The number of rotatable bonds is 4. The second-order valence-corrected chi connectivity index (χ2v) is 5.03. The average molecular weight is 278 g/mol. The highest BCUT2D eigenvalue weighted by atomic mass is 19.1. The van der Waals surface area contributed by atoms with Crippen molar-refractivity contribution in [3.63, 3.8) is 0 Å². The van der Waals surface area contributed by atoms with Gasteiger partial charge < -0.3 is 10.2 Å². The van der Waals surface area contributed by atoms with Crippen LogP contribution in [0.5, 0.6) is 0 Å². The Balaban J connectivity index is 1.81. The Kier molecular flexibility index (Phi) is 5.09. The lowest BCUT2D eigenvalue weighted by Gasteiger charge is -2.19. The number of nitrogens with one attached hydrogen (secondary N) is 1. The largest absolute Gasteiger partial charge is 0.350 e. The van der Waals surface area contributed by atoms with Gasteiger partial charge in [-0.3, -0.25) is 9.59 Å². The summed E-state index contributed by atoms with van der Waals surface area (Å²) in [6.07, 6.45) is 3.41. The molecule has 1 aromatic rings. The molecule has 2 amide bonds. The zero-order valence-electron chi connectivity index (χ0n) is 11.4. The Labute approximate surface area is 118 Å². The summed E-state index contributed by atoms with van der Waals surface area (Å²) in [4.78, 5) is 25.2. The van der Waals surface area contributed by atoms with Crippen LogP contribution in [-0.2, 0) is 16.1 Å². The van der Waals surface area contributed by atoms with E-state index in [9.17, 15) is 14.0 Å². The van der Waals surface area contributed by atoms with Crippen molar-refractivity contribution in [2.45, 2.75) is 32.2 Å². The third kappa shape index (κ3) is 4.33. The molecule has 20 heavy (non-hydrogen) atoms. The Morgan fingerprint density at radius 1 is 1.30 bits per heavy atom.